The molecule has 0 saturated carbocycles. The first-order valence-corrected chi connectivity index (χ1v) is 7.44. The average molecular weight is 267 g/mol. The third kappa shape index (κ3) is 3.42. The van der Waals surface area contributed by atoms with Crippen LogP contribution in [0, 0.1) is 0 Å². The SMILES string of the molecule is c1cncc(CN2CCC[C@@H]2CCc2ccncc2)c1. The first-order valence-electron chi connectivity index (χ1n) is 7.44. The number of hydrogen-bond acceptors (Lipinski definition) is 3. The molecule has 104 valence electrons. The Bertz CT molecular complexity index is 512. The molecule has 3 heterocycles. The summed E-state index contributed by atoms with van der Waals surface area (Å²) in [5.41, 5.74) is 2.72. The van der Waals surface area contributed by atoms with E-state index in [1.807, 2.05) is 30.9 Å². The van der Waals surface area contributed by atoms with Crippen molar-refractivity contribution in [3.05, 3.63) is 60.2 Å². The Morgan fingerprint density at radius 2 is 1.95 bits per heavy atom. The molecule has 1 aliphatic heterocycles. The van der Waals surface area contributed by atoms with E-state index in [4.69, 9.17) is 0 Å². The van der Waals surface area contributed by atoms with Crippen LogP contribution in [0.5, 0.6) is 0 Å². The second-order valence-electron chi connectivity index (χ2n) is 5.52. The molecule has 1 aliphatic rings. The van der Waals surface area contributed by atoms with Crippen LogP contribution in [0.15, 0.2) is 49.1 Å². The summed E-state index contributed by atoms with van der Waals surface area (Å²) in [5, 5.41) is 0. The molecule has 0 spiro atoms. The van der Waals surface area contributed by atoms with Crippen LogP contribution in [-0.4, -0.2) is 27.5 Å². The molecule has 3 nitrogen and oxygen atoms in total. The third-order valence-electron chi connectivity index (χ3n) is 4.12. The zero-order chi connectivity index (χ0) is 13.6. The predicted octanol–water partition coefficient (Wildman–Crippen LogP) is 3.07. The van der Waals surface area contributed by atoms with Crippen molar-refractivity contribution in [3.63, 3.8) is 0 Å². The van der Waals surface area contributed by atoms with E-state index in [2.05, 4.69) is 33.1 Å². The summed E-state index contributed by atoms with van der Waals surface area (Å²) in [7, 11) is 0. The van der Waals surface area contributed by atoms with E-state index in [9.17, 15) is 0 Å². The topological polar surface area (TPSA) is 29.0 Å². The zero-order valence-corrected chi connectivity index (χ0v) is 11.8. The van der Waals surface area contributed by atoms with E-state index in [0.29, 0.717) is 6.04 Å². The van der Waals surface area contributed by atoms with E-state index in [1.165, 1.54) is 36.9 Å². The lowest BCUT2D eigenvalue weighted by Gasteiger charge is -2.24. The van der Waals surface area contributed by atoms with Gasteiger partial charge in [0.1, 0.15) is 0 Å². The van der Waals surface area contributed by atoms with Crippen molar-refractivity contribution in [3.8, 4) is 0 Å². The van der Waals surface area contributed by atoms with E-state index in [1.54, 1.807) is 0 Å². The first-order chi connectivity index (χ1) is 9.92. The highest BCUT2D eigenvalue weighted by molar-refractivity contribution is 5.11. The van der Waals surface area contributed by atoms with Crippen LogP contribution in [0.25, 0.3) is 0 Å². The van der Waals surface area contributed by atoms with E-state index in [0.717, 1.165) is 13.0 Å². The van der Waals surface area contributed by atoms with Crippen molar-refractivity contribution in [2.75, 3.05) is 6.54 Å². The van der Waals surface area contributed by atoms with Crippen molar-refractivity contribution in [1.29, 1.82) is 0 Å². The Morgan fingerprint density at radius 1 is 1.05 bits per heavy atom. The lowest BCUT2D eigenvalue weighted by Crippen LogP contribution is -2.29. The quantitative estimate of drug-likeness (QED) is 0.833. The van der Waals surface area contributed by atoms with Crippen molar-refractivity contribution < 1.29 is 0 Å². The summed E-state index contributed by atoms with van der Waals surface area (Å²) in [6.07, 6.45) is 12.6. The van der Waals surface area contributed by atoms with Gasteiger partial charge in [0.15, 0.2) is 0 Å². The van der Waals surface area contributed by atoms with E-state index < -0.39 is 0 Å². The van der Waals surface area contributed by atoms with Gasteiger partial charge in [-0.3, -0.25) is 14.9 Å². The molecular formula is C17H21N3. The Labute approximate surface area is 120 Å². The second kappa shape index (κ2) is 6.62. The molecule has 0 radical (unpaired) electrons. The fourth-order valence-corrected chi connectivity index (χ4v) is 3.04. The van der Waals surface area contributed by atoms with Gasteiger partial charge in [-0.05, 0) is 61.6 Å². The van der Waals surface area contributed by atoms with Gasteiger partial charge < -0.3 is 0 Å². The number of nitrogens with zero attached hydrogens (tertiary/aromatic N) is 3. The molecule has 0 aliphatic carbocycles. The van der Waals surface area contributed by atoms with Gasteiger partial charge >= 0.3 is 0 Å². The standard InChI is InChI=1S/C17H21N3/c1-3-16(13-19-9-1)14-20-12-2-4-17(20)6-5-15-7-10-18-11-8-15/h1,3,7-11,13,17H,2,4-6,12,14H2/t17-/m1/s1. The fraction of sp³-hybridized carbons (Fsp3) is 0.412. The molecule has 20 heavy (non-hydrogen) atoms. The summed E-state index contributed by atoms with van der Waals surface area (Å²) in [6, 6.07) is 9.16. The minimum Gasteiger partial charge on any atom is -0.296 e. The molecule has 3 rings (SSSR count). The number of aryl methyl sites for hydroxylation is 1. The minimum atomic E-state index is 0.711. The molecule has 0 unspecified atom stereocenters. The summed E-state index contributed by atoms with van der Waals surface area (Å²) < 4.78 is 0. The van der Waals surface area contributed by atoms with Crippen LogP contribution in [0.4, 0.5) is 0 Å². The molecule has 0 aromatic carbocycles. The highest BCUT2D eigenvalue weighted by Crippen LogP contribution is 2.23. The maximum Gasteiger partial charge on any atom is 0.0312 e. The van der Waals surface area contributed by atoms with Crippen molar-refractivity contribution in [1.82, 2.24) is 14.9 Å². The monoisotopic (exact) mass is 267 g/mol. The summed E-state index contributed by atoms with van der Waals surface area (Å²) in [4.78, 5) is 10.9. The lowest BCUT2D eigenvalue weighted by molar-refractivity contribution is 0.234. The average Bonchev–Trinajstić information content (AvgIpc) is 2.94. The van der Waals surface area contributed by atoms with Crippen LogP contribution < -0.4 is 0 Å². The van der Waals surface area contributed by atoms with Gasteiger partial charge in [-0.1, -0.05) is 6.07 Å². The van der Waals surface area contributed by atoms with Crippen LogP contribution >= 0.6 is 0 Å². The normalized spacial score (nSPS) is 19.3. The largest absolute Gasteiger partial charge is 0.296 e. The predicted molar refractivity (Wildman–Crippen MR) is 80.2 cm³/mol. The summed E-state index contributed by atoms with van der Waals surface area (Å²) in [5.74, 6) is 0. The molecule has 2 aromatic heterocycles. The van der Waals surface area contributed by atoms with Crippen molar-refractivity contribution in [2.24, 2.45) is 0 Å². The molecule has 1 atom stereocenters. The van der Waals surface area contributed by atoms with Gasteiger partial charge in [0.05, 0.1) is 0 Å². The van der Waals surface area contributed by atoms with Gasteiger partial charge in [0, 0.05) is 37.4 Å². The number of likely N-dealkylation sites (tertiary alicyclic amines) is 1. The number of pyridine rings is 2. The molecule has 1 saturated heterocycles. The van der Waals surface area contributed by atoms with Gasteiger partial charge in [-0.15, -0.1) is 0 Å². The van der Waals surface area contributed by atoms with Gasteiger partial charge in [-0.25, -0.2) is 0 Å². The fourth-order valence-electron chi connectivity index (χ4n) is 3.04. The Hall–Kier alpha value is -1.74. The second-order valence-corrected chi connectivity index (χ2v) is 5.52. The maximum absolute atomic E-state index is 4.21. The molecule has 1 fully saturated rings. The minimum absolute atomic E-state index is 0.711. The number of rotatable bonds is 5. The van der Waals surface area contributed by atoms with Gasteiger partial charge in [0.2, 0.25) is 0 Å². The maximum atomic E-state index is 4.21. The van der Waals surface area contributed by atoms with Crippen LogP contribution in [-0.2, 0) is 13.0 Å². The van der Waals surface area contributed by atoms with E-state index >= 15 is 0 Å². The number of hydrogen-bond donors (Lipinski definition) is 0. The number of aromatic nitrogens is 2. The van der Waals surface area contributed by atoms with Crippen LogP contribution in [0.2, 0.25) is 0 Å². The molecule has 0 N–H and O–H groups in total. The molecule has 0 amide bonds. The highest BCUT2D eigenvalue weighted by atomic mass is 15.2. The Morgan fingerprint density at radius 3 is 2.75 bits per heavy atom. The van der Waals surface area contributed by atoms with E-state index in [-0.39, 0.29) is 0 Å². The summed E-state index contributed by atoms with van der Waals surface area (Å²) in [6.45, 7) is 2.25. The summed E-state index contributed by atoms with van der Waals surface area (Å²) >= 11 is 0. The van der Waals surface area contributed by atoms with Crippen molar-refractivity contribution >= 4 is 0 Å². The smallest absolute Gasteiger partial charge is 0.0312 e. The first kappa shape index (κ1) is 13.3. The van der Waals surface area contributed by atoms with Gasteiger partial charge in [-0.2, -0.15) is 0 Å². The van der Waals surface area contributed by atoms with Crippen LogP contribution in [0.1, 0.15) is 30.4 Å². The third-order valence-corrected chi connectivity index (χ3v) is 4.12. The molecule has 3 heteroatoms. The molecular weight excluding hydrogens is 246 g/mol. The van der Waals surface area contributed by atoms with Crippen LogP contribution in [0.3, 0.4) is 0 Å². The van der Waals surface area contributed by atoms with Crippen molar-refractivity contribution in [2.45, 2.75) is 38.3 Å². The Kier molecular flexibility index (Phi) is 4.38. The Balaban J connectivity index is 1.56. The highest BCUT2D eigenvalue weighted by Gasteiger charge is 2.23. The lowest BCUT2D eigenvalue weighted by atomic mass is 10.0. The van der Waals surface area contributed by atoms with Gasteiger partial charge in [0.25, 0.3) is 0 Å². The molecule has 0 bridgehead atoms. The molecule has 2 aromatic rings. The zero-order valence-electron chi connectivity index (χ0n) is 11.8.